The quantitative estimate of drug-likeness (QED) is 0.258. The predicted octanol–water partition coefficient (Wildman–Crippen LogP) is 4.52. The van der Waals surface area contributed by atoms with E-state index < -0.39 is 17.7 Å². The maximum atomic E-state index is 12.9. The Bertz CT molecular complexity index is 1690. The summed E-state index contributed by atoms with van der Waals surface area (Å²) in [5.74, 6) is 1.92. The van der Waals surface area contributed by atoms with Crippen LogP contribution < -0.4 is 20.2 Å². The molecule has 0 radical (unpaired) electrons. The number of pyridine rings is 1. The van der Waals surface area contributed by atoms with E-state index in [1.165, 1.54) is 15.6 Å². The monoisotopic (exact) mass is 668 g/mol. The van der Waals surface area contributed by atoms with Crippen molar-refractivity contribution >= 4 is 34.7 Å². The Balaban J connectivity index is 0.994. The number of benzene rings is 1. The summed E-state index contributed by atoms with van der Waals surface area (Å²) >= 11 is 12.5. The molecule has 0 unspecified atom stereocenters. The topological polar surface area (TPSA) is 124 Å². The highest BCUT2D eigenvalue weighted by molar-refractivity contribution is 6.35. The average molecular weight is 670 g/mol. The minimum atomic E-state index is -0.697. The van der Waals surface area contributed by atoms with Crippen molar-refractivity contribution in [1.29, 1.82) is 0 Å². The Kier molecular flexibility index (Phi) is 9.51. The fourth-order valence-electron chi connectivity index (χ4n) is 6.25. The molecule has 14 heteroatoms. The number of anilines is 2. The number of aromatic nitrogens is 6. The second kappa shape index (κ2) is 13.6. The van der Waals surface area contributed by atoms with Crippen molar-refractivity contribution in [2.24, 2.45) is 5.92 Å². The maximum absolute atomic E-state index is 12.9. The zero-order valence-electron chi connectivity index (χ0n) is 26.1. The third-order valence-electron chi connectivity index (χ3n) is 8.83. The van der Waals surface area contributed by atoms with Gasteiger partial charge in [-0.2, -0.15) is 5.10 Å². The first-order valence-corrected chi connectivity index (χ1v) is 16.3. The van der Waals surface area contributed by atoms with Gasteiger partial charge in [-0.3, -0.25) is 0 Å². The van der Waals surface area contributed by atoms with E-state index in [2.05, 4.69) is 36.8 Å². The van der Waals surface area contributed by atoms with Crippen molar-refractivity contribution in [3.63, 3.8) is 0 Å². The van der Waals surface area contributed by atoms with Gasteiger partial charge in [0.25, 0.3) is 0 Å². The third kappa shape index (κ3) is 6.71. The van der Waals surface area contributed by atoms with E-state index in [1.54, 1.807) is 25.4 Å². The molecule has 6 rings (SSSR count). The molecule has 2 aliphatic heterocycles. The van der Waals surface area contributed by atoms with Gasteiger partial charge in [0.1, 0.15) is 12.1 Å². The van der Waals surface area contributed by atoms with Crippen LogP contribution in [-0.2, 0) is 10.3 Å². The number of rotatable bonds is 10. The van der Waals surface area contributed by atoms with Crippen molar-refractivity contribution in [2.75, 3.05) is 49.2 Å². The molecule has 46 heavy (non-hydrogen) atoms. The first-order valence-electron chi connectivity index (χ1n) is 15.5. The van der Waals surface area contributed by atoms with Crippen LogP contribution in [0.3, 0.4) is 0 Å². The second-order valence-corrected chi connectivity index (χ2v) is 12.9. The molecule has 1 N–H and O–H groups in total. The van der Waals surface area contributed by atoms with Crippen LogP contribution in [-0.4, -0.2) is 79.9 Å². The Morgan fingerprint density at radius 1 is 1.04 bits per heavy atom. The van der Waals surface area contributed by atoms with E-state index >= 15 is 0 Å². The number of aliphatic hydroxyl groups excluding tert-OH is 1. The molecule has 3 aromatic heterocycles. The summed E-state index contributed by atoms with van der Waals surface area (Å²) in [7, 11) is 0. The normalized spacial score (nSPS) is 21.4. The summed E-state index contributed by atoms with van der Waals surface area (Å²) in [6.07, 6.45) is 7.19. The molecule has 2 fully saturated rings. The van der Waals surface area contributed by atoms with Crippen LogP contribution in [0.5, 0.6) is 5.88 Å². The SMILES string of the molecule is CC[C@@H]([C@H](C)O)n1ncn(-c2cnc(N3CCN(c4ccc(OC[C@H]5CO[C@](C)(c6ccc(Cl)cc6Cl)C5)nc4)CC3)cn2)c1=O. The fourth-order valence-corrected chi connectivity index (χ4v) is 6.86. The molecule has 4 aromatic rings. The van der Waals surface area contributed by atoms with Gasteiger partial charge in [0.05, 0.1) is 55.2 Å². The Morgan fingerprint density at radius 3 is 2.43 bits per heavy atom. The van der Waals surface area contributed by atoms with Gasteiger partial charge < -0.3 is 24.4 Å². The number of piperazine rings is 1. The molecule has 2 aliphatic rings. The number of ether oxygens (including phenoxy) is 2. The molecule has 5 heterocycles. The van der Waals surface area contributed by atoms with Gasteiger partial charge in [-0.05, 0) is 44.9 Å². The second-order valence-electron chi connectivity index (χ2n) is 12.1. The lowest BCUT2D eigenvalue weighted by atomic mass is 9.89. The summed E-state index contributed by atoms with van der Waals surface area (Å²) < 4.78 is 14.8. The summed E-state index contributed by atoms with van der Waals surface area (Å²) in [4.78, 5) is 30.9. The zero-order valence-corrected chi connectivity index (χ0v) is 27.6. The van der Waals surface area contributed by atoms with Crippen LogP contribution in [0.1, 0.15) is 45.2 Å². The summed E-state index contributed by atoms with van der Waals surface area (Å²) in [5, 5.41) is 15.4. The van der Waals surface area contributed by atoms with Crippen LogP contribution in [0.4, 0.5) is 11.5 Å². The summed E-state index contributed by atoms with van der Waals surface area (Å²) in [6.45, 7) is 9.80. The van der Waals surface area contributed by atoms with Crippen LogP contribution in [0, 0.1) is 5.92 Å². The van der Waals surface area contributed by atoms with Gasteiger partial charge in [0.2, 0.25) is 5.88 Å². The molecular weight excluding hydrogens is 631 g/mol. The maximum Gasteiger partial charge on any atom is 0.351 e. The van der Waals surface area contributed by atoms with E-state index in [0.29, 0.717) is 41.4 Å². The molecule has 0 spiro atoms. The van der Waals surface area contributed by atoms with Gasteiger partial charge >= 0.3 is 5.69 Å². The van der Waals surface area contributed by atoms with E-state index in [1.807, 2.05) is 37.4 Å². The van der Waals surface area contributed by atoms with Crippen LogP contribution >= 0.6 is 23.2 Å². The summed E-state index contributed by atoms with van der Waals surface area (Å²) in [5.41, 5.74) is 1.13. The van der Waals surface area contributed by atoms with Crippen molar-refractivity contribution in [3.05, 3.63) is 81.3 Å². The highest BCUT2D eigenvalue weighted by Gasteiger charge is 2.39. The van der Waals surface area contributed by atoms with Crippen molar-refractivity contribution < 1.29 is 14.6 Å². The van der Waals surface area contributed by atoms with Crippen LogP contribution in [0.15, 0.2) is 60.0 Å². The van der Waals surface area contributed by atoms with Crippen LogP contribution in [0.2, 0.25) is 10.0 Å². The van der Waals surface area contributed by atoms with Crippen molar-refractivity contribution in [1.82, 2.24) is 29.3 Å². The lowest BCUT2D eigenvalue weighted by Gasteiger charge is -2.36. The van der Waals surface area contributed by atoms with Gasteiger partial charge in [-0.1, -0.05) is 36.2 Å². The standard InChI is InChI=1S/C32H38Cl2N8O4/c1-4-27(21(2)43)42-31(44)41(20-38-42)29-17-35-28(16-36-29)40-11-9-39(10-12-40)24-6-8-30(37-15-24)45-18-22-14-32(3,46-19-22)25-7-5-23(33)13-26(25)34/h5-8,13,15-17,20-22,27,43H,4,9-12,14,18-19H2,1-3H3/t21-,22-,27-,32-/m0/s1. The van der Waals surface area contributed by atoms with E-state index in [4.69, 9.17) is 32.7 Å². The van der Waals surface area contributed by atoms with Gasteiger partial charge in [0.15, 0.2) is 5.82 Å². The van der Waals surface area contributed by atoms with Crippen molar-refractivity contribution in [3.8, 4) is 11.7 Å². The first kappa shape index (κ1) is 32.2. The number of nitrogens with zero attached hydrogens (tertiary/aromatic N) is 8. The number of hydrogen-bond acceptors (Lipinski definition) is 10. The van der Waals surface area contributed by atoms with Crippen molar-refractivity contribution in [2.45, 2.75) is 51.4 Å². The van der Waals surface area contributed by atoms with E-state index in [-0.39, 0.29) is 11.6 Å². The Morgan fingerprint density at radius 2 is 1.78 bits per heavy atom. The Hall–Kier alpha value is -3.71. The molecule has 1 aromatic carbocycles. The molecule has 0 bridgehead atoms. The molecule has 4 atom stereocenters. The molecule has 0 aliphatic carbocycles. The molecular formula is C32H38Cl2N8O4. The molecule has 0 amide bonds. The highest BCUT2D eigenvalue weighted by Crippen LogP contribution is 2.42. The van der Waals surface area contributed by atoms with Gasteiger partial charge in [0, 0.05) is 53.8 Å². The fraction of sp³-hybridized carbons (Fsp3) is 0.469. The zero-order chi connectivity index (χ0) is 32.4. The van der Waals surface area contributed by atoms with E-state index in [9.17, 15) is 9.90 Å². The van der Waals surface area contributed by atoms with Gasteiger partial charge in [-0.25, -0.2) is 29.0 Å². The minimum Gasteiger partial charge on any atom is -0.477 e. The minimum absolute atomic E-state index is 0.214. The lowest BCUT2D eigenvalue weighted by Crippen LogP contribution is -2.46. The van der Waals surface area contributed by atoms with Gasteiger partial charge in [-0.15, -0.1) is 0 Å². The average Bonchev–Trinajstić information content (AvgIpc) is 3.63. The lowest BCUT2D eigenvalue weighted by molar-refractivity contribution is 0.0150. The summed E-state index contributed by atoms with van der Waals surface area (Å²) in [6, 6.07) is 9.06. The molecule has 244 valence electrons. The number of aliphatic hydroxyl groups is 1. The number of halogens is 2. The highest BCUT2D eigenvalue weighted by atomic mass is 35.5. The first-order chi connectivity index (χ1) is 22.1. The Labute approximate surface area is 277 Å². The molecule has 12 nitrogen and oxygen atoms in total. The largest absolute Gasteiger partial charge is 0.477 e. The number of hydrogen-bond donors (Lipinski definition) is 1. The predicted molar refractivity (Wildman–Crippen MR) is 176 cm³/mol. The smallest absolute Gasteiger partial charge is 0.351 e. The molecule has 0 saturated carbocycles. The molecule has 2 saturated heterocycles. The van der Waals surface area contributed by atoms with E-state index in [0.717, 1.165) is 49.7 Å². The van der Waals surface area contributed by atoms with Crippen LogP contribution in [0.25, 0.3) is 5.82 Å². The third-order valence-corrected chi connectivity index (χ3v) is 9.38.